The lowest BCUT2D eigenvalue weighted by atomic mass is 10.1. The fraction of sp³-hybridized carbons (Fsp3) is 0.636. The van der Waals surface area contributed by atoms with Gasteiger partial charge in [0, 0.05) is 52.8 Å². The second kappa shape index (κ2) is 10.6. The summed E-state index contributed by atoms with van der Waals surface area (Å²) in [7, 11) is 1.66. The first-order valence-corrected chi connectivity index (χ1v) is 10.5. The third-order valence-corrected chi connectivity index (χ3v) is 5.86. The molecule has 0 saturated carbocycles. The smallest absolute Gasteiger partial charge is 0.240 e. The SMILES string of the molecule is COCCN1CC[C@@H](N2CCCN(C(=O)CCCc3ccccc3)CC2)C1=O. The van der Waals surface area contributed by atoms with E-state index in [1.165, 1.54) is 5.56 Å². The Morgan fingerprint density at radius 1 is 1.11 bits per heavy atom. The summed E-state index contributed by atoms with van der Waals surface area (Å²) in [6, 6.07) is 10.3. The van der Waals surface area contributed by atoms with Crippen LogP contribution in [0.3, 0.4) is 0 Å². The molecule has 1 atom stereocenters. The van der Waals surface area contributed by atoms with Crippen LogP contribution >= 0.6 is 0 Å². The summed E-state index contributed by atoms with van der Waals surface area (Å²) in [5.74, 6) is 0.469. The Kier molecular flexibility index (Phi) is 7.86. The Balaban J connectivity index is 1.43. The first kappa shape index (κ1) is 20.8. The van der Waals surface area contributed by atoms with Gasteiger partial charge in [-0.3, -0.25) is 14.5 Å². The highest BCUT2D eigenvalue weighted by atomic mass is 16.5. The molecule has 0 bridgehead atoms. The Hall–Kier alpha value is -1.92. The molecule has 3 rings (SSSR count). The van der Waals surface area contributed by atoms with E-state index in [4.69, 9.17) is 4.74 Å². The van der Waals surface area contributed by atoms with Crippen molar-refractivity contribution in [2.24, 2.45) is 0 Å². The van der Waals surface area contributed by atoms with E-state index in [0.29, 0.717) is 19.6 Å². The van der Waals surface area contributed by atoms with Gasteiger partial charge in [-0.05, 0) is 31.2 Å². The highest BCUT2D eigenvalue weighted by Crippen LogP contribution is 2.19. The Bertz CT molecular complexity index is 637. The third kappa shape index (κ3) is 5.55. The van der Waals surface area contributed by atoms with Crippen molar-refractivity contribution in [1.29, 1.82) is 0 Å². The van der Waals surface area contributed by atoms with Gasteiger partial charge >= 0.3 is 0 Å². The summed E-state index contributed by atoms with van der Waals surface area (Å²) < 4.78 is 5.10. The second-order valence-corrected chi connectivity index (χ2v) is 7.73. The lowest BCUT2D eigenvalue weighted by Crippen LogP contribution is -2.44. The van der Waals surface area contributed by atoms with Crippen LogP contribution in [0.25, 0.3) is 0 Å². The van der Waals surface area contributed by atoms with Crippen LogP contribution in [-0.4, -0.2) is 85.5 Å². The van der Waals surface area contributed by atoms with Crippen molar-refractivity contribution in [3.8, 4) is 0 Å². The third-order valence-electron chi connectivity index (χ3n) is 5.86. The summed E-state index contributed by atoms with van der Waals surface area (Å²) in [6.07, 6.45) is 4.25. The van der Waals surface area contributed by atoms with Crippen LogP contribution in [0.15, 0.2) is 30.3 Å². The molecule has 0 N–H and O–H groups in total. The number of likely N-dealkylation sites (tertiary alicyclic amines) is 1. The molecular weight excluding hydrogens is 354 g/mol. The van der Waals surface area contributed by atoms with E-state index in [9.17, 15) is 9.59 Å². The normalized spacial score (nSPS) is 21.2. The predicted molar refractivity (Wildman–Crippen MR) is 109 cm³/mol. The first-order chi connectivity index (χ1) is 13.7. The maximum absolute atomic E-state index is 12.7. The van der Waals surface area contributed by atoms with Crippen LogP contribution in [-0.2, 0) is 20.7 Å². The summed E-state index contributed by atoms with van der Waals surface area (Å²) in [6.45, 7) is 5.28. The minimum atomic E-state index is -0.0232. The Morgan fingerprint density at radius 2 is 1.93 bits per heavy atom. The topological polar surface area (TPSA) is 53.1 Å². The van der Waals surface area contributed by atoms with Crippen LogP contribution in [0.5, 0.6) is 0 Å². The van der Waals surface area contributed by atoms with Gasteiger partial charge in [0.1, 0.15) is 0 Å². The minimum Gasteiger partial charge on any atom is -0.383 e. The summed E-state index contributed by atoms with van der Waals surface area (Å²) in [4.78, 5) is 31.5. The van der Waals surface area contributed by atoms with Crippen LogP contribution < -0.4 is 0 Å². The molecule has 2 saturated heterocycles. The number of hydrogen-bond acceptors (Lipinski definition) is 4. The molecule has 2 fully saturated rings. The molecule has 0 aliphatic carbocycles. The molecule has 2 aliphatic heterocycles. The molecule has 6 nitrogen and oxygen atoms in total. The largest absolute Gasteiger partial charge is 0.383 e. The van der Waals surface area contributed by atoms with E-state index in [0.717, 1.165) is 58.4 Å². The molecule has 1 aromatic rings. The highest BCUT2D eigenvalue weighted by Gasteiger charge is 2.36. The lowest BCUT2D eigenvalue weighted by Gasteiger charge is -2.26. The van der Waals surface area contributed by atoms with Crippen molar-refractivity contribution in [1.82, 2.24) is 14.7 Å². The van der Waals surface area contributed by atoms with Gasteiger partial charge in [0.05, 0.1) is 12.6 Å². The number of carbonyl (C=O) groups excluding carboxylic acids is 2. The Labute approximate surface area is 168 Å². The van der Waals surface area contributed by atoms with E-state index in [2.05, 4.69) is 17.0 Å². The number of amides is 2. The first-order valence-electron chi connectivity index (χ1n) is 10.5. The van der Waals surface area contributed by atoms with Gasteiger partial charge in [-0.2, -0.15) is 0 Å². The average Bonchev–Trinajstić information content (AvgIpc) is 2.92. The van der Waals surface area contributed by atoms with Gasteiger partial charge in [0.25, 0.3) is 0 Å². The molecule has 2 aliphatic rings. The number of aryl methyl sites for hydroxylation is 1. The van der Waals surface area contributed by atoms with Gasteiger partial charge in [-0.25, -0.2) is 0 Å². The zero-order chi connectivity index (χ0) is 19.8. The van der Waals surface area contributed by atoms with E-state index in [-0.39, 0.29) is 17.9 Å². The van der Waals surface area contributed by atoms with E-state index < -0.39 is 0 Å². The van der Waals surface area contributed by atoms with Gasteiger partial charge in [0.2, 0.25) is 11.8 Å². The summed E-state index contributed by atoms with van der Waals surface area (Å²) in [5, 5.41) is 0. The maximum Gasteiger partial charge on any atom is 0.240 e. The number of methoxy groups -OCH3 is 1. The molecule has 1 aromatic carbocycles. The Morgan fingerprint density at radius 3 is 2.71 bits per heavy atom. The van der Waals surface area contributed by atoms with Crippen molar-refractivity contribution in [2.75, 3.05) is 53.0 Å². The van der Waals surface area contributed by atoms with E-state index in [1.54, 1.807) is 7.11 Å². The van der Waals surface area contributed by atoms with Crippen LogP contribution in [0.1, 0.15) is 31.2 Å². The summed E-state index contributed by atoms with van der Waals surface area (Å²) >= 11 is 0. The quantitative estimate of drug-likeness (QED) is 0.683. The molecule has 154 valence electrons. The van der Waals surface area contributed by atoms with Gasteiger partial charge < -0.3 is 14.5 Å². The number of rotatable bonds is 8. The number of carbonyl (C=O) groups is 2. The van der Waals surface area contributed by atoms with Crippen molar-refractivity contribution in [3.05, 3.63) is 35.9 Å². The zero-order valence-electron chi connectivity index (χ0n) is 17.0. The van der Waals surface area contributed by atoms with E-state index in [1.807, 2.05) is 28.0 Å². The molecule has 28 heavy (non-hydrogen) atoms. The highest BCUT2D eigenvalue weighted by molar-refractivity contribution is 5.84. The van der Waals surface area contributed by atoms with Crippen LogP contribution in [0.4, 0.5) is 0 Å². The van der Waals surface area contributed by atoms with Crippen LogP contribution in [0.2, 0.25) is 0 Å². The van der Waals surface area contributed by atoms with Crippen LogP contribution in [0, 0.1) is 0 Å². The fourth-order valence-electron chi connectivity index (χ4n) is 4.23. The maximum atomic E-state index is 12.7. The van der Waals surface area contributed by atoms with Gasteiger partial charge in [-0.15, -0.1) is 0 Å². The zero-order valence-corrected chi connectivity index (χ0v) is 17.0. The van der Waals surface area contributed by atoms with Gasteiger partial charge in [0.15, 0.2) is 0 Å². The second-order valence-electron chi connectivity index (χ2n) is 7.73. The van der Waals surface area contributed by atoms with Crippen molar-refractivity contribution >= 4 is 11.8 Å². The standard InChI is InChI=1S/C22H33N3O3/c1-28-18-17-25-14-11-20(22(25)27)23-12-6-13-24(16-15-23)21(26)10-5-9-19-7-3-2-4-8-19/h2-4,7-8,20H,5-6,9-18H2,1H3/t20-/m1/s1. The van der Waals surface area contributed by atoms with Crippen molar-refractivity contribution < 1.29 is 14.3 Å². The number of benzene rings is 1. The van der Waals surface area contributed by atoms with Gasteiger partial charge in [-0.1, -0.05) is 30.3 Å². The average molecular weight is 388 g/mol. The molecular formula is C22H33N3O3. The number of nitrogens with zero attached hydrogens (tertiary/aromatic N) is 3. The number of hydrogen-bond donors (Lipinski definition) is 0. The van der Waals surface area contributed by atoms with Crippen molar-refractivity contribution in [2.45, 2.75) is 38.1 Å². The molecule has 0 aromatic heterocycles. The molecule has 6 heteroatoms. The van der Waals surface area contributed by atoms with Crippen molar-refractivity contribution in [3.63, 3.8) is 0 Å². The lowest BCUT2D eigenvalue weighted by molar-refractivity contribution is -0.132. The monoisotopic (exact) mass is 387 g/mol. The predicted octanol–water partition coefficient (Wildman–Crippen LogP) is 1.79. The fourth-order valence-corrected chi connectivity index (χ4v) is 4.23. The number of ether oxygens (including phenoxy) is 1. The molecule has 2 amide bonds. The summed E-state index contributed by atoms with van der Waals surface area (Å²) in [5.41, 5.74) is 1.29. The molecule has 0 unspecified atom stereocenters. The van der Waals surface area contributed by atoms with E-state index >= 15 is 0 Å². The molecule has 2 heterocycles. The minimum absolute atomic E-state index is 0.0232. The molecule has 0 spiro atoms. The molecule has 0 radical (unpaired) electrons.